The average Bonchev–Trinajstić information content (AvgIpc) is 3.26. The molecule has 2 heterocycles. The van der Waals surface area contributed by atoms with Crippen LogP contribution in [0, 0.1) is 13.8 Å². The molecule has 7 heteroatoms. The summed E-state index contributed by atoms with van der Waals surface area (Å²) in [6.45, 7) is 5.77. The number of hydrogen-bond acceptors (Lipinski definition) is 7. The molecule has 0 spiro atoms. The van der Waals surface area contributed by atoms with Crippen LogP contribution in [0.15, 0.2) is 59.8 Å². The van der Waals surface area contributed by atoms with Gasteiger partial charge >= 0.3 is 0 Å². The minimum absolute atomic E-state index is 0.489. The Morgan fingerprint density at radius 3 is 2.15 bits per heavy atom. The van der Waals surface area contributed by atoms with Gasteiger partial charge in [0.25, 0.3) is 0 Å². The smallest absolute Gasteiger partial charge is 0.188 e. The normalized spacial score (nSPS) is 11.9. The summed E-state index contributed by atoms with van der Waals surface area (Å²) < 4.78 is 10.9. The third-order valence-electron chi connectivity index (χ3n) is 5.45. The van der Waals surface area contributed by atoms with Gasteiger partial charge in [-0.1, -0.05) is 36.0 Å². The molecule has 1 unspecified atom stereocenters. The second-order valence-corrected chi connectivity index (χ2v) is 10.0. The van der Waals surface area contributed by atoms with Crippen LogP contribution in [0.25, 0.3) is 20.9 Å². The monoisotopic (exact) mass is 492 g/mol. The van der Waals surface area contributed by atoms with Crippen LogP contribution in [0.5, 0.6) is 11.5 Å². The van der Waals surface area contributed by atoms with E-state index in [1.807, 2.05) is 44.2 Å². The Kier molecular flexibility index (Phi) is 7.56. The van der Waals surface area contributed by atoms with Crippen molar-refractivity contribution in [3.63, 3.8) is 0 Å². The summed E-state index contributed by atoms with van der Waals surface area (Å²) in [5, 5.41) is 10.7. The Morgan fingerprint density at radius 2 is 1.53 bits per heavy atom. The number of aromatic nitrogens is 2. The van der Waals surface area contributed by atoms with E-state index in [9.17, 15) is 5.11 Å². The van der Waals surface area contributed by atoms with E-state index in [0.29, 0.717) is 11.5 Å². The van der Waals surface area contributed by atoms with Crippen LogP contribution in [-0.2, 0) is 5.75 Å². The third kappa shape index (κ3) is 5.43. The van der Waals surface area contributed by atoms with Gasteiger partial charge in [0.1, 0.15) is 0 Å². The van der Waals surface area contributed by atoms with Crippen LogP contribution in [0.1, 0.15) is 35.5 Å². The van der Waals surface area contributed by atoms with Crippen molar-refractivity contribution in [1.82, 2.24) is 9.97 Å². The zero-order chi connectivity index (χ0) is 24.2. The van der Waals surface area contributed by atoms with Crippen molar-refractivity contribution in [3.05, 3.63) is 77.1 Å². The summed E-state index contributed by atoms with van der Waals surface area (Å²) in [5.74, 6) is 2.16. The molecule has 5 nitrogen and oxygen atoms in total. The summed E-state index contributed by atoms with van der Waals surface area (Å²) >= 11 is 3.38. The van der Waals surface area contributed by atoms with Crippen molar-refractivity contribution in [1.29, 1.82) is 0 Å². The average molecular weight is 493 g/mol. The summed E-state index contributed by atoms with van der Waals surface area (Å²) in [4.78, 5) is 11.5. The van der Waals surface area contributed by atoms with Gasteiger partial charge in [-0.25, -0.2) is 9.97 Å². The molecule has 176 valence electrons. The van der Waals surface area contributed by atoms with Gasteiger partial charge < -0.3 is 14.6 Å². The zero-order valence-electron chi connectivity index (χ0n) is 20.0. The molecule has 0 aliphatic carbocycles. The van der Waals surface area contributed by atoms with Gasteiger partial charge in [-0.15, -0.1) is 11.3 Å². The largest absolute Gasteiger partial charge is 0.493 e. The Balaban J connectivity index is 1.72. The van der Waals surface area contributed by atoms with Gasteiger partial charge in [-0.2, -0.15) is 0 Å². The number of ether oxygens (including phenoxy) is 2. The molecule has 0 fully saturated rings. The molecule has 34 heavy (non-hydrogen) atoms. The SMILES string of the molecule is COc1ccc(-c2cc(CSc3nc(C)cc(C)n3)c(-c3ccc(C(C)O)cc3)s2)cc1OC. The number of nitrogens with zero attached hydrogens (tertiary/aromatic N) is 2. The number of aryl methyl sites for hydroxylation is 2. The van der Waals surface area contributed by atoms with Gasteiger partial charge in [0.2, 0.25) is 0 Å². The van der Waals surface area contributed by atoms with E-state index in [1.54, 1.807) is 44.2 Å². The van der Waals surface area contributed by atoms with E-state index in [-0.39, 0.29) is 0 Å². The minimum Gasteiger partial charge on any atom is -0.493 e. The molecule has 0 amide bonds. The fourth-order valence-electron chi connectivity index (χ4n) is 3.73. The molecule has 0 saturated heterocycles. The lowest BCUT2D eigenvalue weighted by molar-refractivity contribution is 0.199. The predicted octanol–water partition coefficient (Wildman–Crippen LogP) is 6.85. The topological polar surface area (TPSA) is 64.5 Å². The predicted molar refractivity (Wildman–Crippen MR) is 140 cm³/mol. The molecule has 2 aromatic heterocycles. The molecule has 2 aromatic carbocycles. The van der Waals surface area contributed by atoms with Crippen molar-refractivity contribution < 1.29 is 14.6 Å². The lowest BCUT2D eigenvalue weighted by Gasteiger charge is -2.08. The highest BCUT2D eigenvalue weighted by Crippen LogP contribution is 2.42. The van der Waals surface area contributed by atoms with Crippen molar-refractivity contribution >= 4 is 23.1 Å². The van der Waals surface area contributed by atoms with Crippen LogP contribution in [0.3, 0.4) is 0 Å². The van der Waals surface area contributed by atoms with Crippen molar-refractivity contribution in [2.45, 2.75) is 37.8 Å². The molecule has 4 aromatic rings. The first-order chi connectivity index (χ1) is 16.4. The van der Waals surface area contributed by atoms with E-state index < -0.39 is 6.10 Å². The fraction of sp³-hybridized carbons (Fsp3) is 0.259. The third-order valence-corrected chi connectivity index (χ3v) is 7.62. The van der Waals surface area contributed by atoms with Gasteiger partial charge in [-0.3, -0.25) is 0 Å². The number of thiophene rings is 1. The molecule has 0 radical (unpaired) electrons. The maximum atomic E-state index is 9.90. The molecule has 0 aliphatic heterocycles. The highest BCUT2D eigenvalue weighted by atomic mass is 32.2. The maximum Gasteiger partial charge on any atom is 0.188 e. The summed E-state index contributed by atoms with van der Waals surface area (Å²) in [6.07, 6.45) is -0.489. The standard InChI is InChI=1S/C27H28N2O3S2/c1-16-12-17(2)29-27(28-16)33-15-22-14-25(21-10-11-23(31-4)24(13-21)32-5)34-26(22)20-8-6-19(7-9-20)18(3)30/h6-14,18,30H,15H2,1-5H3. The van der Waals surface area contributed by atoms with E-state index in [1.165, 1.54) is 10.4 Å². The lowest BCUT2D eigenvalue weighted by Crippen LogP contribution is -1.93. The number of rotatable bonds is 8. The molecule has 0 aliphatic rings. The molecule has 0 bridgehead atoms. The molecule has 4 rings (SSSR count). The summed E-state index contributed by atoms with van der Waals surface area (Å²) in [5.41, 5.74) is 6.26. The van der Waals surface area contributed by atoms with E-state index in [2.05, 4.69) is 34.2 Å². The second kappa shape index (κ2) is 10.6. The van der Waals surface area contributed by atoms with Gasteiger partial charge in [-0.05, 0) is 73.4 Å². The van der Waals surface area contributed by atoms with E-state index >= 15 is 0 Å². The Labute approximate surface area is 208 Å². The Bertz CT molecular complexity index is 1260. The highest BCUT2D eigenvalue weighted by Gasteiger charge is 2.16. The fourth-order valence-corrected chi connectivity index (χ4v) is 5.93. The van der Waals surface area contributed by atoms with E-state index in [0.717, 1.165) is 43.9 Å². The molecular weight excluding hydrogens is 464 g/mol. The van der Waals surface area contributed by atoms with Crippen LogP contribution in [0.4, 0.5) is 0 Å². The summed E-state index contributed by atoms with van der Waals surface area (Å²) in [7, 11) is 3.29. The number of aliphatic hydroxyl groups is 1. The Hall–Kier alpha value is -2.87. The molecule has 1 atom stereocenters. The molecular formula is C27H28N2O3S2. The minimum atomic E-state index is -0.489. The van der Waals surface area contributed by atoms with Crippen LogP contribution in [-0.4, -0.2) is 29.3 Å². The van der Waals surface area contributed by atoms with Gasteiger partial charge in [0, 0.05) is 26.9 Å². The lowest BCUT2D eigenvalue weighted by atomic mass is 10.0. The van der Waals surface area contributed by atoms with Crippen molar-refractivity contribution in [2.24, 2.45) is 0 Å². The first-order valence-corrected chi connectivity index (χ1v) is 12.8. The Morgan fingerprint density at radius 1 is 0.882 bits per heavy atom. The van der Waals surface area contributed by atoms with Gasteiger partial charge in [0.05, 0.1) is 20.3 Å². The molecule has 0 saturated carbocycles. The zero-order valence-corrected chi connectivity index (χ0v) is 21.6. The number of methoxy groups -OCH3 is 2. The quantitative estimate of drug-likeness (QED) is 0.214. The first-order valence-electron chi connectivity index (χ1n) is 11.0. The molecule has 1 N–H and O–H groups in total. The number of benzene rings is 2. The van der Waals surface area contributed by atoms with Crippen molar-refractivity contribution in [2.75, 3.05) is 14.2 Å². The summed E-state index contributed by atoms with van der Waals surface area (Å²) in [6, 6.07) is 18.3. The number of hydrogen-bond donors (Lipinski definition) is 1. The van der Waals surface area contributed by atoms with E-state index in [4.69, 9.17) is 9.47 Å². The van der Waals surface area contributed by atoms with Crippen molar-refractivity contribution in [3.8, 4) is 32.4 Å². The highest BCUT2D eigenvalue weighted by molar-refractivity contribution is 7.98. The number of thioether (sulfide) groups is 1. The maximum absolute atomic E-state index is 9.90. The first kappa shape index (κ1) is 24.3. The van der Waals surface area contributed by atoms with Crippen LogP contribution in [0.2, 0.25) is 0 Å². The van der Waals surface area contributed by atoms with Crippen LogP contribution >= 0.6 is 23.1 Å². The van der Waals surface area contributed by atoms with Gasteiger partial charge in [0.15, 0.2) is 16.7 Å². The second-order valence-electron chi connectivity index (χ2n) is 8.05. The van der Waals surface area contributed by atoms with Crippen LogP contribution < -0.4 is 9.47 Å². The number of aliphatic hydroxyl groups excluding tert-OH is 1.